The van der Waals surface area contributed by atoms with Crippen LogP contribution in [0.4, 0.5) is 5.13 Å². The van der Waals surface area contributed by atoms with E-state index in [0.29, 0.717) is 28.1 Å². The first-order valence-corrected chi connectivity index (χ1v) is 8.48. The van der Waals surface area contributed by atoms with Crippen molar-refractivity contribution in [2.24, 2.45) is 0 Å². The molecule has 0 saturated carbocycles. The number of rotatable bonds is 5. The highest BCUT2D eigenvalue weighted by molar-refractivity contribution is 7.22. The molecule has 1 amide bonds. The lowest BCUT2D eigenvalue weighted by molar-refractivity contribution is 0.102. The molecule has 0 spiro atoms. The Bertz CT molecular complexity index is 895. The molecule has 0 atom stereocenters. The Kier molecular flexibility index (Phi) is 4.87. The third-order valence-electron chi connectivity index (χ3n) is 3.31. The molecule has 1 aromatic heterocycles. The number of carbonyl (C=O) groups excluding carboxylic acids is 1. The Balaban J connectivity index is 1.81. The molecule has 5 nitrogen and oxygen atoms in total. The maximum atomic E-state index is 12.3. The molecule has 2 aromatic carbocycles. The Morgan fingerprint density at radius 1 is 1.29 bits per heavy atom. The average molecular weight is 363 g/mol. The van der Waals surface area contributed by atoms with Crippen molar-refractivity contribution in [3.63, 3.8) is 0 Å². The van der Waals surface area contributed by atoms with E-state index in [1.54, 1.807) is 18.2 Å². The maximum absolute atomic E-state index is 12.3. The van der Waals surface area contributed by atoms with E-state index in [2.05, 4.69) is 10.3 Å². The Morgan fingerprint density at radius 3 is 2.83 bits per heavy atom. The van der Waals surface area contributed by atoms with Crippen molar-refractivity contribution in [2.75, 3.05) is 19.0 Å². The first-order valence-electron chi connectivity index (χ1n) is 7.29. The second kappa shape index (κ2) is 7.07. The molecular formula is C17H15ClN2O3S. The van der Waals surface area contributed by atoms with Crippen LogP contribution < -0.4 is 14.8 Å². The number of nitrogens with zero attached hydrogens (tertiary/aromatic N) is 1. The van der Waals surface area contributed by atoms with Gasteiger partial charge in [0.15, 0.2) is 5.13 Å². The number of anilines is 1. The molecule has 0 unspecified atom stereocenters. The van der Waals surface area contributed by atoms with Crippen molar-refractivity contribution in [3.8, 4) is 11.5 Å². The molecule has 124 valence electrons. The van der Waals surface area contributed by atoms with Crippen molar-refractivity contribution < 1.29 is 14.3 Å². The van der Waals surface area contributed by atoms with Gasteiger partial charge in [0.1, 0.15) is 11.5 Å². The summed E-state index contributed by atoms with van der Waals surface area (Å²) in [5, 5.41) is 3.70. The lowest BCUT2D eigenvalue weighted by Gasteiger charge is -2.05. The second-order valence-electron chi connectivity index (χ2n) is 4.89. The van der Waals surface area contributed by atoms with Gasteiger partial charge in [-0.15, -0.1) is 0 Å². The third kappa shape index (κ3) is 3.44. The molecule has 7 heteroatoms. The zero-order chi connectivity index (χ0) is 17.1. The van der Waals surface area contributed by atoms with Crippen LogP contribution in [0.2, 0.25) is 5.02 Å². The molecule has 0 fully saturated rings. The number of carbonyl (C=O) groups is 1. The van der Waals surface area contributed by atoms with Gasteiger partial charge >= 0.3 is 0 Å². The number of hydrogen-bond acceptors (Lipinski definition) is 5. The molecule has 0 aliphatic rings. The summed E-state index contributed by atoms with van der Waals surface area (Å²) in [5.74, 6) is 1.04. The quantitative estimate of drug-likeness (QED) is 0.720. The van der Waals surface area contributed by atoms with Crippen LogP contribution in [0.3, 0.4) is 0 Å². The highest BCUT2D eigenvalue weighted by Gasteiger charge is 2.12. The first kappa shape index (κ1) is 16.5. The molecule has 0 saturated heterocycles. The minimum Gasteiger partial charge on any atom is -0.495 e. The molecule has 24 heavy (non-hydrogen) atoms. The van der Waals surface area contributed by atoms with Gasteiger partial charge in [0.25, 0.3) is 5.91 Å². The number of halogens is 1. The highest BCUT2D eigenvalue weighted by atomic mass is 35.5. The summed E-state index contributed by atoms with van der Waals surface area (Å²) < 4.78 is 11.5. The van der Waals surface area contributed by atoms with Crippen LogP contribution in [0.25, 0.3) is 10.2 Å². The van der Waals surface area contributed by atoms with Gasteiger partial charge < -0.3 is 9.47 Å². The summed E-state index contributed by atoms with van der Waals surface area (Å²) in [6.07, 6.45) is 0. The molecule has 1 N–H and O–H groups in total. The molecule has 0 bridgehead atoms. The van der Waals surface area contributed by atoms with Gasteiger partial charge in [-0.1, -0.05) is 22.9 Å². The highest BCUT2D eigenvalue weighted by Crippen LogP contribution is 2.30. The number of nitrogens with one attached hydrogen (secondary N) is 1. The van der Waals surface area contributed by atoms with Crippen LogP contribution in [0.5, 0.6) is 11.5 Å². The van der Waals surface area contributed by atoms with Crippen LogP contribution in [-0.4, -0.2) is 24.6 Å². The summed E-state index contributed by atoms with van der Waals surface area (Å²) in [7, 11) is 1.53. The van der Waals surface area contributed by atoms with Crippen LogP contribution >= 0.6 is 22.9 Å². The summed E-state index contributed by atoms with van der Waals surface area (Å²) in [5.41, 5.74) is 1.25. The van der Waals surface area contributed by atoms with E-state index in [1.807, 2.05) is 25.1 Å². The number of thiazole rings is 1. The lowest BCUT2D eigenvalue weighted by Crippen LogP contribution is -2.11. The number of aromatic nitrogens is 1. The van der Waals surface area contributed by atoms with Crippen molar-refractivity contribution in [1.82, 2.24) is 4.98 Å². The molecule has 1 heterocycles. The number of methoxy groups -OCH3 is 1. The summed E-state index contributed by atoms with van der Waals surface area (Å²) in [6, 6.07) is 10.5. The standard InChI is InChI=1S/C17H15ClN2O3S/c1-3-23-11-5-6-13-15(9-11)24-17(19-13)20-16(21)10-4-7-14(22-2)12(18)8-10/h4-9H,3H2,1-2H3,(H,19,20,21). The van der Waals surface area contributed by atoms with Crippen molar-refractivity contribution in [1.29, 1.82) is 0 Å². The molecule has 0 aliphatic carbocycles. The second-order valence-corrected chi connectivity index (χ2v) is 6.32. The van der Waals surface area contributed by atoms with E-state index in [0.717, 1.165) is 16.0 Å². The van der Waals surface area contributed by atoms with Crippen molar-refractivity contribution >= 4 is 44.2 Å². The monoisotopic (exact) mass is 362 g/mol. The van der Waals surface area contributed by atoms with Crippen molar-refractivity contribution in [3.05, 3.63) is 47.0 Å². The van der Waals surface area contributed by atoms with Crippen LogP contribution in [0.1, 0.15) is 17.3 Å². The van der Waals surface area contributed by atoms with E-state index in [1.165, 1.54) is 18.4 Å². The number of amides is 1. The summed E-state index contributed by atoms with van der Waals surface area (Å²) in [4.78, 5) is 16.8. The van der Waals surface area contributed by atoms with E-state index < -0.39 is 0 Å². The number of benzene rings is 2. The fraction of sp³-hybridized carbons (Fsp3) is 0.176. The van der Waals surface area contributed by atoms with E-state index in [-0.39, 0.29) is 5.91 Å². The molecule has 0 aliphatic heterocycles. The molecule has 3 aromatic rings. The first-order chi connectivity index (χ1) is 11.6. The Labute approximate surface area is 148 Å². The zero-order valence-corrected chi connectivity index (χ0v) is 14.7. The predicted octanol–water partition coefficient (Wildman–Crippen LogP) is 4.61. The Morgan fingerprint density at radius 2 is 2.12 bits per heavy atom. The van der Waals surface area contributed by atoms with Gasteiger partial charge in [-0.05, 0) is 43.3 Å². The van der Waals surface area contributed by atoms with Gasteiger partial charge in [-0.2, -0.15) is 0 Å². The molecule has 0 radical (unpaired) electrons. The van der Waals surface area contributed by atoms with Gasteiger partial charge in [0.05, 0.1) is 29.0 Å². The Hall–Kier alpha value is -2.31. The van der Waals surface area contributed by atoms with Crippen molar-refractivity contribution in [2.45, 2.75) is 6.92 Å². The lowest BCUT2D eigenvalue weighted by atomic mass is 10.2. The number of hydrogen-bond donors (Lipinski definition) is 1. The zero-order valence-electron chi connectivity index (χ0n) is 13.1. The van der Waals surface area contributed by atoms with Gasteiger partial charge in [-0.25, -0.2) is 4.98 Å². The van der Waals surface area contributed by atoms with Gasteiger partial charge in [-0.3, -0.25) is 10.1 Å². The van der Waals surface area contributed by atoms with E-state index in [4.69, 9.17) is 21.1 Å². The summed E-state index contributed by atoms with van der Waals surface area (Å²) in [6.45, 7) is 2.54. The minimum atomic E-state index is -0.274. The van der Waals surface area contributed by atoms with Gasteiger partial charge in [0, 0.05) is 5.56 Å². The average Bonchev–Trinajstić information content (AvgIpc) is 2.96. The smallest absolute Gasteiger partial charge is 0.257 e. The minimum absolute atomic E-state index is 0.274. The number of fused-ring (bicyclic) bond motifs is 1. The van der Waals surface area contributed by atoms with Crippen LogP contribution in [-0.2, 0) is 0 Å². The van der Waals surface area contributed by atoms with E-state index in [9.17, 15) is 4.79 Å². The fourth-order valence-electron chi connectivity index (χ4n) is 2.19. The topological polar surface area (TPSA) is 60.5 Å². The maximum Gasteiger partial charge on any atom is 0.257 e. The normalized spacial score (nSPS) is 10.6. The third-order valence-corrected chi connectivity index (χ3v) is 4.53. The summed E-state index contributed by atoms with van der Waals surface area (Å²) >= 11 is 7.45. The predicted molar refractivity (Wildman–Crippen MR) is 96.7 cm³/mol. The van der Waals surface area contributed by atoms with Crippen LogP contribution in [0.15, 0.2) is 36.4 Å². The molecule has 3 rings (SSSR count). The number of ether oxygens (including phenoxy) is 2. The fourth-order valence-corrected chi connectivity index (χ4v) is 3.34. The molecular weight excluding hydrogens is 348 g/mol. The van der Waals surface area contributed by atoms with E-state index >= 15 is 0 Å². The van der Waals surface area contributed by atoms with Gasteiger partial charge in [0.2, 0.25) is 0 Å². The van der Waals surface area contributed by atoms with Crippen LogP contribution in [0, 0.1) is 0 Å². The largest absolute Gasteiger partial charge is 0.495 e. The SMILES string of the molecule is CCOc1ccc2nc(NC(=O)c3ccc(OC)c(Cl)c3)sc2c1.